The standard InChI is InChI=1S/C19H22F3N3O3S2/c1-13(18(26)23-15-6-4-14(5-7-15)19(20,21)22)25-10-8-16(9-11-25)24-30(27,28)17-3-2-12-29-17/h2-7,12-13,16,24H,8-11H2,1H3,(H,23,26)/t13-/m1/s1. The summed E-state index contributed by atoms with van der Waals surface area (Å²) in [7, 11) is -3.53. The molecular formula is C19H22F3N3O3S2. The zero-order valence-electron chi connectivity index (χ0n) is 16.1. The topological polar surface area (TPSA) is 78.5 Å². The van der Waals surface area contributed by atoms with Crippen molar-refractivity contribution in [1.29, 1.82) is 0 Å². The second-order valence-corrected chi connectivity index (χ2v) is 9.99. The summed E-state index contributed by atoms with van der Waals surface area (Å²) >= 11 is 1.15. The summed E-state index contributed by atoms with van der Waals surface area (Å²) in [4.78, 5) is 14.4. The second kappa shape index (κ2) is 9.04. The Morgan fingerprint density at radius 2 is 1.80 bits per heavy atom. The van der Waals surface area contributed by atoms with Gasteiger partial charge < -0.3 is 5.32 Å². The van der Waals surface area contributed by atoms with Gasteiger partial charge in [0.1, 0.15) is 4.21 Å². The predicted molar refractivity (Wildman–Crippen MR) is 109 cm³/mol. The Kier molecular flexibility index (Phi) is 6.85. The van der Waals surface area contributed by atoms with Crippen LogP contribution in [0.15, 0.2) is 46.0 Å². The molecule has 1 aliphatic heterocycles. The molecule has 2 aromatic rings. The van der Waals surface area contributed by atoms with Gasteiger partial charge in [0.2, 0.25) is 15.9 Å². The number of hydrogen-bond donors (Lipinski definition) is 2. The number of piperidine rings is 1. The number of likely N-dealkylation sites (tertiary alicyclic amines) is 1. The summed E-state index contributed by atoms with van der Waals surface area (Å²) in [5.74, 6) is -0.327. The maximum absolute atomic E-state index is 12.6. The number of sulfonamides is 1. The Morgan fingerprint density at radius 1 is 1.17 bits per heavy atom. The third-order valence-electron chi connectivity index (χ3n) is 5.02. The van der Waals surface area contributed by atoms with Gasteiger partial charge in [0, 0.05) is 24.8 Å². The van der Waals surface area contributed by atoms with Gasteiger partial charge in [-0.05, 0) is 55.5 Å². The fraction of sp³-hybridized carbons (Fsp3) is 0.421. The third-order valence-corrected chi connectivity index (χ3v) is 7.94. The smallest absolute Gasteiger partial charge is 0.325 e. The normalized spacial score (nSPS) is 17.6. The van der Waals surface area contributed by atoms with Gasteiger partial charge in [-0.2, -0.15) is 13.2 Å². The number of halogens is 3. The highest BCUT2D eigenvalue weighted by molar-refractivity contribution is 7.91. The van der Waals surface area contributed by atoms with E-state index < -0.39 is 27.8 Å². The van der Waals surface area contributed by atoms with Crippen molar-refractivity contribution >= 4 is 33.0 Å². The van der Waals surface area contributed by atoms with Crippen molar-refractivity contribution in [3.8, 4) is 0 Å². The van der Waals surface area contributed by atoms with Crippen molar-refractivity contribution in [1.82, 2.24) is 9.62 Å². The van der Waals surface area contributed by atoms with E-state index in [2.05, 4.69) is 10.0 Å². The van der Waals surface area contributed by atoms with E-state index in [4.69, 9.17) is 0 Å². The number of nitrogens with one attached hydrogen (secondary N) is 2. The van der Waals surface area contributed by atoms with Gasteiger partial charge in [-0.15, -0.1) is 11.3 Å². The van der Waals surface area contributed by atoms with E-state index >= 15 is 0 Å². The van der Waals surface area contributed by atoms with Crippen LogP contribution < -0.4 is 10.0 Å². The van der Waals surface area contributed by atoms with Gasteiger partial charge >= 0.3 is 6.18 Å². The summed E-state index contributed by atoms with van der Waals surface area (Å²) in [5.41, 5.74) is -0.487. The van der Waals surface area contributed by atoms with Crippen LogP contribution in [-0.4, -0.2) is 44.4 Å². The number of benzene rings is 1. The molecule has 0 saturated carbocycles. The molecular weight excluding hydrogens is 439 g/mol. The van der Waals surface area contributed by atoms with Gasteiger partial charge in [-0.3, -0.25) is 9.69 Å². The van der Waals surface area contributed by atoms with Crippen LogP contribution in [0.2, 0.25) is 0 Å². The minimum atomic E-state index is -4.43. The van der Waals surface area contributed by atoms with Gasteiger partial charge in [-0.25, -0.2) is 13.1 Å². The summed E-state index contributed by atoms with van der Waals surface area (Å²) in [6.07, 6.45) is -3.31. The van der Waals surface area contributed by atoms with Crippen molar-refractivity contribution in [3.63, 3.8) is 0 Å². The Labute approximate surface area is 177 Å². The highest BCUT2D eigenvalue weighted by Crippen LogP contribution is 2.30. The SMILES string of the molecule is C[C@H](C(=O)Nc1ccc(C(F)(F)F)cc1)N1CCC(NS(=O)(=O)c2cccs2)CC1. The summed E-state index contributed by atoms with van der Waals surface area (Å²) in [6.45, 7) is 2.77. The molecule has 1 saturated heterocycles. The lowest BCUT2D eigenvalue weighted by atomic mass is 10.0. The highest BCUT2D eigenvalue weighted by atomic mass is 32.2. The number of rotatable bonds is 6. The maximum atomic E-state index is 12.6. The molecule has 1 aromatic heterocycles. The average molecular weight is 462 g/mol. The lowest BCUT2D eigenvalue weighted by Gasteiger charge is -2.35. The molecule has 30 heavy (non-hydrogen) atoms. The lowest BCUT2D eigenvalue weighted by Crippen LogP contribution is -2.50. The minimum Gasteiger partial charge on any atom is -0.325 e. The quantitative estimate of drug-likeness (QED) is 0.690. The van der Waals surface area contributed by atoms with Crippen LogP contribution in [0, 0.1) is 0 Å². The molecule has 164 valence electrons. The average Bonchev–Trinajstić information content (AvgIpc) is 3.23. The van der Waals surface area contributed by atoms with Crippen molar-refractivity contribution in [2.45, 2.75) is 42.2 Å². The number of anilines is 1. The molecule has 3 rings (SSSR count). The Morgan fingerprint density at radius 3 is 2.33 bits per heavy atom. The van der Waals surface area contributed by atoms with Gasteiger partial charge in [0.05, 0.1) is 11.6 Å². The first-order chi connectivity index (χ1) is 14.1. The second-order valence-electron chi connectivity index (χ2n) is 7.10. The van der Waals surface area contributed by atoms with Crippen LogP contribution in [-0.2, 0) is 21.0 Å². The predicted octanol–water partition coefficient (Wildman–Crippen LogP) is 3.54. The molecule has 1 atom stereocenters. The molecule has 11 heteroatoms. The summed E-state index contributed by atoms with van der Waals surface area (Å²) < 4.78 is 65.5. The number of carbonyl (C=O) groups excluding carboxylic acids is 1. The minimum absolute atomic E-state index is 0.210. The van der Waals surface area contributed by atoms with E-state index in [0.717, 1.165) is 23.5 Å². The molecule has 2 N–H and O–H groups in total. The summed E-state index contributed by atoms with van der Waals surface area (Å²) in [5, 5.41) is 4.33. The fourth-order valence-corrected chi connectivity index (χ4v) is 5.57. The van der Waals surface area contributed by atoms with Crippen LogP contribution >= 0.6 is 11.3 Å². The number of alkyl halides is 3. The van der Waals surface area contributed by atoms with Gasteiger partial charge in [0.25, 0.3) is 0 Å². The molecule has 1 amide bonds. The fourth-order valence-electron chi connectivity index (χ4n) is 3.25. The van der Waals surface area contributed by atoms with E-state index in [1.54, 1.807) is 24.4 Å². The number of amides is 1. The van der Waals surface area contributed by atoms with Crippen LogP contribution in [0.4, 0.5) is 18.9 Å². The number of carbonyl (C=O) groups is 1. The molecule has 1 fully saturated rings. The van der Waals surface area contributed by atoms with Crippen LogP contribution in [0.25, 0.3) is 0 Å². The van der Waals surface area contributed by atoms with Crippen molar-refractivity contribution in [2.24, 2.45) is 0 Å². The van der Waals surface area contributed by atoms with E-state index in [1.807, 2.05) is 4.90 Å². The molecule has 0 spiro atoms. The number of thiophene rings is 1. The van der Waals surface area contributed by atoms with Crippen molar-refractivity contribution < 1.29 is 26.4 Å². The van der Waals surface area contributed by atoms with Crippen molar-refractivity contribution in [2.75, 3.05) is 18.4 Å². The van der Waals surface area contributed by atoms with Crippen molar-refractivity contribution in [3.05, 3.63) is 47.3 Å². The monoisotopic (exact) mass is 461 g/mol. The van der Waals surface area contributed by atoms with Gasteiger partial charge in [-0.1, -0.05) is 6.07 Å². The molecule has 1 aromatic carbocycles. The van der Waals surface area contributed by atoms with E-state index in [9.17, 15) is 26.4 Å². The zero-order valence-corrected chi connectivity index (χ0v) is 17.8. The van der Waals surface area contributed by atoms with E-state index in [-0.39, 0.29) is 16.2 Å². The third kappa shape index (κ3) is 5.60. The Hall–Kier alpha value is -1.95. The summed E-state index contributed by atoms with van der Waals surface area (Å²) in [6, 6.07) is 6.81. The van der Waals surface area contributed by atoms with E-state index in [0.29, 0.717) is 31.6 Å². The Bertz CT molecular complexity index is 953. The molecule has 0 bridgehead atoms. The van der Waals surface area contributed by atoms with Crippen LogP contribution in [0.3, 0.4) is 0 Å². The first-order valence-electron chi connectivity index (χ1n) is 9.34. The maximum Gasteiger partial charge on any atom is 0.416 e. The van der Waals surface area contributed by atoms with Crippen LogP contribution in [0.5, 0.6) is 0 Å². The van der Waals surface area contributed by atoms with Gasteiger partial charge in [0.15, 0.2) is 0 Å². The highest BCUT2D eigenvalue weighted by Gasteiger charge is 2.31. The zero-order chi connectivity index (χ0) is 21.9. The molecule has 0 unspecified atom stereocenters. The largest absolute Gasteiger partial charge is 0.416 e. The van der Waals surface area contributed by atoms with Crippen LogP contribution in [0.1, 0.15) is 25.3 Å². The Balaban J connectivity index is 1.51. The lowest BCUT2D eigenvalue weighted by molar-refractivity contribution is -0.137. The first kappa shape index (κ1) is 22.7. The van der Waals surface area contributed by atoms with E-state index in [1.165, 1.54) is 12.1 Å². The molecule has 1 aliphatic rings. The number of nitrogens with zero attached hydrogens (tertiary/aromatic N) is 1. The first-order valence-corrected chi connectivity index (χ1v) is 11.7. The molecule has 0 radical (unpaired) electrons. The molecule has 0 aliphatic carbocycles. The number of hydrogen-bond acceptors (Lipinski definition) is 5. The molecule has 6 nitrogen and oxygen atoms in total. The molecule has 2 heterocycles.